The van der Waals surface area contributed by atoms with Crippen LogP contribution in [0.15, 0.2) is 18.2 Å². The van der Waals surface area contributed by atoms with Crippen molar-refractivity contribution in [1.29, 1.82) is 0 Å². The van der Waals surface area contributed by atoms with Gasteiger partial charge in [-0.1, -0.05) is 20.8 Å². The van der Waals surface area contributed by atoms with E-state index in [4.69, 9.17) is 4.74 Å². The maximum Gasteiger partial charge on any atom is 0.357 e. The number of halogens is 2. The molecule has 0 aliphatic carbocycles. The van der Waals surface area contributed by atoms with Crippen LogP contribution in [0.3, 0.4) is 0 Å². The smallest absolute Gasteiger partial charge is 0.357 e. The van der Waals surface area contributed by atoms with E-state index in [1.165, 1.54) is 7.11 Å². The normalized spacial score (nSPS) is 11.8. The van der Waals surface area contributed by atoms with E-state index in [2.05, 4.69) is 15.6 Å². The number of hydrogen-bond acceptors (Lipinski definition) is 6. The number of esters is 1. The average molecular weight is 439 g/mol. The first kappa shape index (κ1) is 23.4. The number of ether oxygens (including phenoxy) is 1. The molecular weight excluding hydrogens is 416 g/mol. The van der Waals surface area contributed by atoms with E-state index in [0.717, 1.165) is 23.5 Å². The van der Waals surface area contributed by atoms with Gasteiger partial charge in [0.1, 0.15) is 17.7 Å². The van der Waals surface area contributed by atoms with Gasteiger partial charge < -0.3 is 15.4 Å². The Balaban J connectivity index is 2.07. The number of carbonyl (C=O) groups is 3. The number of aromatic nitrogens is 1. The van der Waals surface area contributed by atoms with Gasteiger partial charge in [0.05, 0.1) is 13.5 Å². The summed E-state index contributed by atoms with van der Waals surface area (Å²) < 4.78 is 31.3. The van der Waals surface area contributed by atoms with E-state index in [1.807, 2.05) is 13.8 Å². The van der Waals surface area contributed by atoms with Crippen LogP contribution < -0.4 is 10.6 Å². The van der Waals surface area contributed by atoms with Gasteiger partial charge in [0.25, 0.3) is 0 Å². The second kappa shape index (κ2) is 10.2. The highest BCUT2D eigenvalue weighted by atomic mass is 32.1. The molecule has 0 radical (unpaired) electrons. The lowest BCUT2D eigenvalue weighted by molar-refractivity contribution is -0.126. The lowest BCUT2D eigenvalue weighted by Gasteiger charge is -2.16. The molecule has 2 rings (SSSR count). The Morgan fingerprint density at radius 2 is 1.80 bits per heavy atom. The quantitative estimate of drug-likeness (QED) is 0.615. The molecule has 7 nitrogen and oxygen atoms in total. The van der Waals surface area contributed by atoms with Crippen molar-refractivity contribution < 1.29 is 27.9 Å². The summed E-state index contributed by atoms with van der Waals surface area (Å²) >= 11 is 1.15. The third kappa shape index (κ3) is 6.06. The summed E-state index contributed by atoms with van der Waals surface area (Å²) in [4.78, 5) is 41.5. The fourth-order valence-corrected chi connectivity index (χ4v) is 3.67. The summed E-state index contributed by atoms with van der Waals surface area (Å²) in [7, 11) is 1.25. The topological polar surface area (TPSA) is 97.4 Å². The predicted molar refractivity (Wildman–Crippen MR) is 108 cm³/mol. The second-order valence-corrected chi connectivity index (χ2v) is 7.88. The minimum absolute atomic E-state index is 0.00408. The molecule has 0 saturated carbocycles. The molecule has 0 unspecified atom stereocenters. The third-order valence-corrected chi connectivity index (χ3v) is 5.40. The monoisotopic (exact) mass is 439 g/mol. The molecule has 2 amide bonds. The molecule has 162 valence electrons. The summed E-state index contributed by atoms with van der Waals surface area (Å²) in [6.07, 6.45) is 0.00105. The van der Waals surface area contributed by atoms with Gasteiger partial charge in [-0.25, -0.2) is 18.6 Å². The molecule has 1 atom stereocenters. The van der Waals surface area contributed by atoms with Crippen molar-refractivity contribution in [2.45, 2.75) is 45.6 Å². The number of thiazole rings is 1. The van der Waals surface area contributed by atoms with Crippen LogP contribution in [0, 0.1) is 11.6 Å². The molecule has 0 aliphatic rings. The van der Waals surface area contributed by atoms with E-state index in [9.17, 15) is 23.2 Å². The molecule has 0 bridgehead atoms. The van der Waals surface area contributed by atoms with Crippen LogP contribution in [0.5, 0.6) is 0 Å². The van der Waals surface area contributed by atoms with Crippen LogP contribution in [0.4, 0.5) is 13.9 Å². The van der Waals surface area contributed by atoms with Crippen molar-refractivity contribution in [2.24, 2.45) is 0 Å². The Bertz CT molecular complexity index is 926. The van der Waals surface area contributed by atoms with Crippen molar-refractivity contribution in [3.05, 3.63) is 46.0 Å². The number of amides is 2. The van der Waals surface area contributed by atoms with Crippen molar-refractivity contribution in [3.63, 3.8) is 0 Å². The predicted octanol–water partition coefficient (Wildman–Crippen LogP) is 3.41. The summed E-state index contributed by atoms with van der Waals surface area (Å²) in [6.45, 7) is 5.47. The average Bonchev–Trinajstić information content (AvgIpc) is 3.08. The van der Waals surface area contributed by atoms with Crippen LogP contribution in [0.25, 0.3) is 0 Å². The van der Waals surface area contributed by atoms with Gasteiger partial charge in [-0.15, -0.1) is 11.3 Å². The lowest BCUT2D eigenvalue weighted by Crippen LogP contribution is -2.44. The zero-order valence-corrected chi connectivity index (χ0v) is 17.9. The first-order valence-electron chi connectivity index (χ1n) is 9.28. The number of carbonyl (C=O) groups excluding carboxylic acids is 3. The van der Waals surface area contributed by atoms with Crippen LogP contribution in [0.2, 0.25) is 0 Å². The minimum Gasteiger partial charge on any atom is -0.464 e. The Labute approximate surface area is 176 Å². The van der Waals surface area contributed by atoms with E-state index >= 15 is 0 Å². The molecular formula is C20H23F2N3O4S. The van der Waals surface area contributed by atoms with Crippen molar-refractivity contribution in [1.82, 2.24) is 10.3 Å². The zero-order chi connectivity index (χ0) is 22.4. The number of nitrogens with zero attached hydrogens (tertiary/aromatic N) is 1. The lowest BCUT2D eigenvalue weighted by atomic mass is 10.1. The van der Waals surface area contributed by atoms with E-state index in [0.29, 0.717) is 10.9 Å². The standard InChI is InChI=1S/C20H23F2N3O4S/c1-5-14(23-15(26)8-11-6-12(21)9-13(22)7-11)18(27)25-20-24-16(19(28)29-4)17(30-20)10(2)3/h6-7,9-10,14H,5,8H2,1-4H3,(H,23,26)(H,24,25,27)/t14-/m0/s1. The Morgan fingerprint density at radius 1 is 1.17 bits per heavy atom. The SMILES string of the molecule is CC[C@H](NC(=O)Cc1cc(F)cc(F)c1)C(=O)Nc1nc(C(=O)OC)c(C(C)C)s1. The molecule has 1 aromatic heterocycles. The third-order valence-electron chi connectivity index (χ3n) is 4.13. The van der Waals surface area contributed by atoms with E-state index in [-0.39, 0.29) is 35.1 Å². The fraction of sp³-hybridized carbons (Fsp3) is 0.400. The summed E-state index contributed by atoms with van der Waals surface area (Å²) in [5, 5.41) is 5.35. The summed E-state index contributed by atoms with van der Waals surface area (Å²) in [5.41, 5.74) is 0.294. The number of methoxy groups -OCH3 is 1. The molecule has 2 N–H and O–H groups in total. The molecule has 0 aliphatic heterocycles. The molecule has 30 heavy (non-hydrogen) atoms. The minimum atomic E-state index is -0.885. The Morgan fingerprint density at radius 3 is 2.33 bits per heavy atom. The van der Waals surface area contributed by atoms with E-state index < -0.39 is 35.5 Å². The van der Waals surface area contributed by atoms with Gasteiger partial charge in [-0.2, -0.15) is 0 Å². The van der Waals surface area contributed by atoms with Crippen molar-refractivity contribution in [3.8, 4) is 0 Å². The number of hydrogen-bond donors (Lipinski definition) is 2. The maximum atomic E-state index is 13.3. The summed E-state index contributed by atoms with van der Waals surface area (Å²) in [5.74, 6) is -3.24. The van der Waals surface area contributed by atoms with Gasteiger partial charge in [0.2, 0.25) is 11.8 Å². The van der Waals surface area contributed by atoms with Crippen molar-refractivity contribution >= 4 is 34.3 Å². The fourth-order valence-electron chi connectivity index (χ4n) is 2.71. The van der Waals surface area contributed by atoms with Crippen molar-refractivity contribution in [2.75, 3.05) is 12.4 Å². The van der Waals surface area contributed by atoms with Crippen LogP contribution >= 0.6 is 11.3 Å². The molecule has 0 fully saturated rings. The van der Waals surface area contributed by atoms with Gasteiger partial charge >= 0.3 is 5.97 Å². The zero-order valence-electron chi connectivity index (χ0n) is 17.0. The molecule has 0 saturated heterocycles. The highest BCUT2D eigenvalue weighted by molar-refractivity contribution is 7.16. The Kier molecular flexibility index (Phi) is 7.99. The number of anilines is 1. The molecule has 10 heteroatoms. The van der Waals surface area contributed by atoms with Crippen LogP contribution in [-0.2, 0) is 20.7 Å². The largest absolute Gasteiger partial charge is 0.464 e. The summed E-state index contributed by atoms with van der Waals surface area (Å²) in [6, 6.07) is 1.94. The van der Waals surface area contributed by atoms with Gasteiger partial charge in [0.15, 0.2) is 10.8 Å². The van der Waals surface area contributed by atoms with Crippen LogP contribution in [0.1, 0.15) is 54.0 Å². The number of benzene rings is 1. The Hall–Kier alpha value is -2.88. The molecule has 1 aromatic carbocycles. The molecule has 0 spiro atoms. The first-order valence-corrected chi connectivity index (χ1v) is 10.1. The first-order chi connectivity index (χ1) is 14.1. The highest BCUT2D eigenvalue weighted by Gasteiger charge is 2.24. The highest BCUT2D eigenvalue weighted by Crippen LogP contribution is 2.30. The number of nitrogens with one attached hydrogen (secondary N) is 2. The number of rotatable bonds is 8. The van der Waals surface area contributed by atoms with Crippen LogP contribution in [-0.4, -0.2) is 35.9 Å². The van der Waals surface area contributed by atoms with Gasteiger partial charge in [-0.3, -0.25) is 9.59 Å². The molecule has 1 heterocycles. The van der Waals surface area contributed by atoms with Gasteiger partial charge in [0, 0.05) is 10.9 Å². The second-order valence-electron chi connectivity index (χ2n) is 6.85. The van der Waals surface area contributed by atoms with Gasteiger partial charge in [-0.05, 0) is 30.0 Å². The maximum absolute atomic E-state index is 13.3. The van der Waals surface area contributed by atoms with E-state index in [1.54, 1.807) is 6.92 Å². The molecule has 2 aromatic rings.